The first-order valence-corrected chi connectivity index (χ1v) is 8.39. The highest BCUT2D eigenvalue weighted by molar-refractivity contribution is 7.90. The summed E-state index contributed by atoms with van der Waals surface area (Å²) in [4.78, 5) is 8.57. The van der Waals surface area contributed by atoms with Crippen molar-refractivity contribution in [3.05, 3.63) is 23.3 Å². The number of hydrogen-bond donors (Lipinski definition) is 1. The molecule has 1 aromatic rings. The van der Waals surface area contributed by atoms with Gasteiger partial charge in [0.15, 0.2) is 9.84 Å². The normalized spacial score (nSPS) is 13.8. The minimum absolute atomic E-state index is 0.379. The Labute approximate surface area is 115 Å². The van der Waals surface area contributed by atoms with Crippen LogP contribution in [0.15, 0.2) is 6.07 Å². The van der Waals surface area contributed by atoms with Crippen molar-refractivity contribution in [2.24, 2.45) is 5.92 Å². The molecule has 1 N–H and O–H groups in total. The number of nitrogens with zero attached hydrogens (tertiary/aromatic N) is 2. The summed E-state index contributed by atoms with van der Waals surface area (Å²) in [5.74, 6) is 0.946. The van der Waals surface area contributed by atoms with Crippen molar-refractivity contribution in [3.8, 4) is 0 Å². The zero-order valence-corrected chi connectivity index (χ0v) is 13.1. The first-order chi connectivity index (χ1) is 8.70. The number of aryl methyl sites for hydroxylation is 1. The molecule has 6 heteroatoms. The highest BCUT2D eigenvalue weighted by Crippen LogP contribution is 2.17. The first kappa shape index (κ1) is 16.0. The molecular weight excluding hydrogens is 262 g/mol. The molecule has 0 aliphatic heterocycles. The molecule has 0 saturated carbocycles. The molecule has 0 aromatic carbocycles. The van der Waals surface area contributed by atoms with Gasteiger partial charge in [0, 0.05) is 18.5 Å². The zero-order valence-electron chi connectivity index (χ0n) is 12.3. The van der Waals surface area contributed by atoms with E-state index in [9.17, 15) is 8.42 Å². The highest BCUT2D eigenvalue weighted by Gasteiger charge is 2.20. The maximum absolute atomic E-state index is 11.6. The average Bonchev–Trinajstić information content (AvgIpc) is 2.25. The molecule has 1 rings (SSSR count). The molecule has 5 nitrogen and oxygen atoms in total. The van der Waals surface area contributed by atoms with Gasteiger partial charge in [-0.25, -0.2) is 18.4 Å². The lowest BCUT2D eigenvalue weighted by Gasteiger charge is -2.12. The molecule has 0 amide bonds. The fourth-order valence-corrected chi connectivity index (χ4v) is 2.10. The third-order valence-corrected chi connectivity index (χ3v) is 4.28. The summed E-state index contributed by atoms with van der Waals surface area (Å²) in [7, 11) is -3.17. The van der Waals surface area contributed by atoms with E-state index in [4.69, 9.17) is 0 Å². The van der Waals surface area contributed by atoms with Gasteiger partial charge in [-0.3, -0.25) is 0 Å². The zero-order chi connectivity index (χ0) is 14.6. The smallest absolute Gasteiger partial charge is 0.157 e. The van der Waals surface area contributed by atoms with Crippen molar-refractivity contribution in [3.63, 3.8) is 0 Å². The molecule has 0 radical (unpaired) electrons. The lowest BCUT2D eigenvalue weighted by atomic mass is 10.2. The summed E-state index contributed by atoms with van der Waals surface area (Å²) in [5, 5.41) is 2.62. The van der Waals surface area contributed by atoms with Crippen LogP contribution >= 0.6 is 0 Å². The van der Waals surface area contributed by atoms with Gasteiger partial charge in [0.2, 0.25) is 0 Å². The van der Waals surface area contributed by atoms with Crippen LogP contribution in [-0.2, 0) is 16.4 Å². The van der Waals surface area contributed by atoms with Gasteiger partial charge in [-0.15, -0.1) is 0 Å². The molecule has 1 aromatic heterocycles. The van der Waals surface area contributed by atoms with Gasteiger partial charge in [-0.1, -0.05) is 13.8 Å². The van der Waals surface area contributed by atoms with Gasteiger partial charge in [0.05, 0.1) is 5.69 Å². The second-order valence-electron chi connectivity index (χ2n) is 5.36. The van der Waals surface area contributed by atoms with Gasteiger partial charge < -0.3 is 5.32 Å². The van der Waals surface area contributed by atoms with Gasteiger partial charge in [-0.2, -0.15) is 0 Å². The molecule has 0 aliphatic rings. The first-order valence-electron chi connectivity index (χ1n) is 6.44. The van der Waals surface area contributed by atoms with Crippen molar-refractivity contribution in [2.75, 3.05) is 12.8 Å². The minimum Gasteiger partial charge on any atom is -0.311 e. The van der Waals surface area contributed by atoms with Crippen LogP contribution < -0.4 is 5.32 Å². The highest BCUT2D eigenvalue weighted by atomic mass is 32.2. The summed E-state index contributed by atoms with van der Waals surface area (Å²) < 4.78 is 23.1. The average molecular weight is 285 g/mol. The Bertz CT molecular complexity index is 527. The van der Waals surface area contributed by atoms with Crippen molar-refractivity contribution in [1.29, 1.82) is 0 Å². The minimum atomic E-state index is -3.17. The van der Waals surface area contributed by atoms with Gasteiger partial charge >= 0.3 is 0 Å². The number of aromatic nitrogens is 2. The topological polar surface area (TPSA) is 72.0 Å². The molecule has 19 heavy (non-hydrogen) atoms. The summed E-state index contributed by atoms with van der Waals surface area (Å²) >= 11 is 0. The van der Waals surface area contributed by atoms with Gasteiger partial charge in [-0.05, 0) is 32.4 Å². The van der Waals surface area contributed by atoms with E-state index < -0.39 is 15.1 Å². The van der Waals surface area contributed by atoms with E-state index in [-0.39, 0.29) is 0 Å². The van der Waals surface area contributed by atoms with Crippen LogP contribution in [0.4, 0.5) is 0 Å². The summed E-state index contributed by atoms with van der Waals surface area (Å²) in [6.07, 6.45) is 1.21. The Kier molecular flexibility index (Phi) is 5.43. The van der Waals surface area contributed by atoms with E-state index in [1.54, 1.807) is 6.92 Å². The Morgan fingerprint density at radius 1 is 1.26 bits per heavy atom. The third-order valence-electron chi connectivity index (χ3n) is 2.79. The molecule has 1 unspecified atom stereocenters. The fourth-order valence-electron chi connectivity index (χ4n) is 1.61. The number of rotatable bonds is 6. The molecule has 0 saturated heterocycles. The molecule has 0 fully saturated rings. The number of sulfone groups is 1. The molecular formula is C13H23N3O2S. The maximum Gasteiger partial charge on any atom is 0.157 e. The third kappa shape index (κ3) is 5.24. The van der Waals surface area contributed by atoms with Crippen LogP contribution in [0, 0.1) is 12.8 Å². The predicted octanol–water partition coefficient (Wildman–Crippen LogP) is 1.64. The van der Waals surface area contributed by atoms with E-state index >= 15 is 0 Å². The monoisotopic (exact) mass is 285 g/mol. The van der Waals surface area contributed by atoms with Crippen molar-refractivity contribution in [1.82, 2.24) is 15.3 Å². The van der Waals surface area contributed by atoms with E-state index in [1.165, 1.54) is 6.26 Å². The van der Waals surface area contributed by atoms with E-state index in [0.29, 0.717) is 18.3 Å². The number of nitrogens with one attached hydrogen (secondary N) is 1. The Morgan fingerprint density at radius 2 is 1.89 bits per heavy atom. The summed E-state index contributed by atoms with van der Waals surface area (Å²) in [6, 6.07) is 1.88. The number of hydrogen-bond acceptors (Lipinski definition) is 5. The lowest BCUT2D eigenvalue weighted by molar-refractivity contribution is 0.546. The van der Waals surface area contributed by atoms with Crippen molar-refractivity contribution in [2.45, 2.75) is 39.5 Å². The Balaban J connectivity index is 2.88. The molecule has 0 aliphatic carbocycles. The molecule has 108 valence electrons. The summed E-state index contributed by atoms with van der Waals surface area (Å²) in [5.41, 5.74) is 1.63. The Morgan fingerprint density at radius 3 is 2.42 bits per heavy atom. The van der Waals surface area contributed by atoms with Crippen LogP contribution in [0.1, 0.15) is 43.2 Å². The maximum atomic E-state index is 11.6. The fraction of sp³-hybridized carbons (Fsp3) is 0.692. The van der Waals surface area contributed by atoms with E-state index in [1.807, 2.05) is 13.0 Å². The van der Waals surface area contributed by atoms with Crippen LogP contribution in [0.2, 0.25) is 0 Å². The molecule has 0 spiro atoms. The van der Waals surface area contributed by atoms with Crippen LogP contribution in [0.25, 0.3) is 0 Å². The van der Waals surface area contributed by atoms with Crippen LogP contribution in [-0.4, -0.2) is 31.2 Å². The molecule has 1 heterocycles. The lowest BCUT2D eigenvalue weighted by Crippen LogP contribution is -2.21. The van der Waals surface area contributed by atoms with E-state index in [0.717, 1.165) is 17.9 Å². The van der Waals surface area contributed by atoms with Crippen LogP contribution in [0.3, 0.4) is 0 Å². The van der Waals surface area contributed by atoms with Gasteiger partial charge in [0.1, 0.15) is 11.1 Å². The predicted molar refractivity (Wildman–Crippen MR) is 76.6 cm³/mol. The van der Waals surface area contributed by atoms with Gasteiger partial charge in [0.25, 0.3) is 0 Å². The molecule has 1 atom stereocenters. The quantitative estimate of drug-likeness (QED) is 0.860. The second-order valence-corrected chi connectivity index (χ2v) is 7.72. The van der Waals surface area contributed by atoms with E-state index in [2.05, 4.69) is 29.1 Å². The van der Waals surface area contributed by atoms with Crippen molar-refractivity contribution < 1.29 is 8.42 Å². The summed E-state index contributed by atoms with van der Waals surface area (Å²) in [6.45, 7) is 9.28. The van der Waals surface area contributed by atoms with Crippen LogP contribution in [0.5, 0.6) is 0 Å². The molecule has 0 bridgehead atoms. The largest absolute Gasteiger partial charge is 0.311 e. The SMILES string of the molecule is Cc1cc(CNCC(C)C)nc(C(C)S(C)(=O)=O)n1. The standard InChI is InChI=1S/C13H23N3O2S/c1-9(2)7-14-8-12-6-10(3)15-13(16-12)11(4)19(5,17)18/h6,9,11,14H,7-8H2,1-5H3. The second kappa shape index (κ2) is 6.43. The van der Waals surface area contributed by atoms with Crippen molar-refractivity contribution >= 4 is 9.84 Å². The Hall–Kier alpha value is -1.01.